The summed E-state index contributed by atoms with van der Waals surface area (Å²) in [5.74, 6) is 0.0763. The van der Waals surface area contributed by atoms with Crippen LogP contribution in [0, 0.1) is 0 Å². The number of benzene rings is 2. The summed E-state index contributed by atoms with van der Waals surface area (Å²) >= 11 is 3.40. The highest BCUT2D eigenvalue weighted by molar-refractivity contribution is 9.10. The smallest absolute Gasteiger partial charge is 0.246 e. The van der Waals surface area contributed by atoms with Crippen molar-refractivity contribution in [1.29, 1.82) is 0 Å². The van der Waals surface area contributed by atoms with Crippen LogP contribution in [0.3, 0.4) is 0 Å². The van der Waals surface area contributed by atoms with E-state index in [1.54, 1.807) is 6.08 Å². The van der Waals surface area contributed by atoms with Crippen molar-refractivity contribution >= 4 is 27.9 Å². The lowest BCUT2D eigenvalue weighted by Gasteiger charge is -2.27. The monoisotopic (exact) mass is 341 g/mol. The molecule has 0 atom stereocenters. The van der Waals surface area contributed by atoms with Gasteiger partial charge < -0.3 is 4.90 Å². The van der Waals surface area contributed by atoms with Crippen LogP contribution in [-0.2, 0) is 17.8 Å². The first-order valence-corrected chi connectivity index (χ1v) is 7.81. The van der Waals surface area contributed by atoms with Crippen molar-refractivity contribution in [3.8, 4) is 0 Å². The van der Waals surface area contributed by atoms with Gasteiger partial charge in [0.2, 0.25) is 5.91 Å². The van der Waals surface area contributed by atoms with E-state index in [9.17, 15) is 4.79 Å². The van der Waals surface area contributed by atoms with E-state index in [0.29, 0.717) is 6.54 Å². The Morgan fingerprint density at radius 2 is 1.76 bits per heavy atom. The summed E-state index contributed by atoms with van der Waals surface area (Å²) in [6.45, 7) is 1.50. The van der Waals surface area contributed by atoms with Crippen molar-refractivity contribution in [1.82, 2.24) is 4.90 Å². The van der Waals surface area contributed by atoms with Crippen LogP contribution in [0.25, 0.3) is 6.08 Å². The third-order valence-electron chi connectivity index (χ3n) is 3.73. The number of nitrogens with zero attached hydrogens (tertiary/aromatic N) is 1. The van der Waals surface area contributed by atoms with Gasteiger partial charge in [0.05, 0.1) is 0 Å². The highest BCUT2D eigenvalue weighted by Crippen LogP contribution is 2.19. The molecule has 3 heteroatoms. The average molecular weight is 342 g/mol. The summed E-state index contributed by atoms with van der Waals surface area (Å²) in [5.41, 5.74) is 3.65. The molecule has 0 spiro atoms. The molecule has 0 fully saturated rings. The molecule has 21 heavy (non-hydrogen) atoms. The van der Waals surface area contributed by atoms with E-state index in [-0.39, 0.29) is 5.91 Å². The largest absolute Gasteiger partial charge is 0.334 e. The summed E-state index contributed by atoms with van der Waals surface area (Å²) in [7, 11) is 0. The Labute approximate surface area is 133 Å². The molecule has 1 heterocycles. The third-order valence-corrected chi connectivity index (χ3v) is 4.26. The number of hydrogen-bond donors (Lipinski definition) is 0. The first kappa shape index (κ1) is 14.1. The molecule has 2 aromatic rings. The van der Waals surface area contributed by atoms with Gasteiger partial charge in [-0.05, 0) is 41.3 Å². The van der Waals surface area contributed by atoms with E-state index in [0.717, 1.165) is 23.0 Å². The minimum atomic E-state index is 0.0763. The SMILES string of the molecule is O=C(/C=C/c1ccc(Br)cc1)N1CCc2ccccc2C1. The Kier molecular flexibility index (Phi) is 4.20. The molecular weight excluding hydrogens is 326 g/mol. The number of amides is 1. The zero-order valence-corrected chi connectivity index (χ0v) is 13.2. The molecule has 0 saturated carbocycles. The van der Waals surface area contributed by atoms with Crippen LogP contribution in [0.2, 0.25) is 0 Å². The topological polar surface area (TPSA) is 20.3 Å². The van der Waals surface area contributed by atoms with E-state index < -0.39 is 0 Å². The van der Waals surface area contributed by atoms with E-state index in [1.807, 2.05) is 41.3 Å². The lowest BCUT2D eigenvalue weighted by atomic mass is 10.00. The van der Waals surface area contributed by atoms with Gasteiger partial charge >= 0.3 is 0 Å². The fourth-order valence-corrected chi connectivity index (χ4v) is 2.79. The normalized spacial score (nSPS) is 14.2. The number of rotatable bonds is 2. The minimum absolute atomic E-state index is 0.0763. The van der Waals surface area contributed by atoms with Crippen LogP contribution in [0.5, 0.6) is 0 Å². The van der Waals surface area contributed by atoms with Crippen molar-refractivity contribution in [2.45, 2.75) is 13.0 Å². The van der Waals surface area contributed by atoms with Crippen LogP contribution in [0.1, 0.15) is 16.7 Å². The fourth-order valence-electron chi connectivity index (χ4n) is 2.53. The summed E-state index contributed by atoms with van der Waals surface area (Å²) in [4.78, 5) is 14.2. The summed E-state index contributed by atoms with van der Waals surface area (Å²) in [5, 5.41) is 0. The van der Waals surface area contributed by atoms with Gasteiger partial charge in [0, 0.05) is 23.6 Å². The van der Waals surface area contributed by atoms with Crippen LogP contribution >= 0.6 is 15.9 Å². The number of hydrogen-bond acceptors (Lipinski definition) is 1. The number of carbonyl (C=O) groups is 1. The van der Waals surface area contributed by atoms with Crippen LogP contribution < -0.4 is 0 Å². The summed E-state index contributed by atoms with van der Waals surface area (Å²) in [6.07, 6.45) is 4.47. The predicted molar refractivity (Wildman–Crippen MR) is 88.7 cm³/mol. The molecule has 106 valence electrons. The van der Waals surface area contributed by atoms with Crippen molar-refractivity contribution < 1.29 is 4.79 Å². The summed E-state index contributed by atoms with van der Waals surface area (Å²) < 4.78 is 1.04. The third kappa shape index (κ3) is 3.42. The quantitative estimate of drug-likeness (QED) is 0.754. The standard InChI is InChI=1S/C18H16BrNO/c19-17-8-5-14(6-9-17)7-10-18(21)20-12-11-15-3-1-2-4-16(15)13-20/h1-10H,11-13H2/b10-7+. The van der Waals surface area contributed by atoms with Crippen LogP contribution in [0.4, 0.5) is 0 Å². The molecule has 0 bridgehead atoms. The Hall–Kier alpha value is -1.87. The molecular formula is C18H16BrNO. The zero-order valence-electron chi connectivity index (χ0n) is 11.6. The molecule has 1 aliphatic heterocycles. The van der Waals surface area contributed by atoms with Crippen molar-refractivity contribution in [3.63, 3.8) is 0 Å². The molecule has 1 aliphatic rings. The molecule has 3 rings (SSSR count). The summed E-state index contributed by atoms with van der Waals surface area (Å²) in [6, 6.07) is 16.3. The van der Waals surface area contributed by atoms with E-state index in [4.69, 9.17) is 0 Å². The first-order valence-electron chi connectivity index (χ1n) is 7.02. The average Bonchev–Trinajstić information content (AvgIpc) is 2.53. The van der Waals surface area contributed by atoms with Gasteiger partial charge in [0.25, 0.3) is 0 Å². The Bertz CT molecular complexity index is 676. The van der Waals surface area contributed by atoms with Crippen molar-refractivity contribution in [3.05, 3.63) is 75.8 Å². The van der Waals surface area contributed by atoms with Gasteiger partial charge in [-0.1, -0.05) is 52.3 Å². The van der Waals surface area contributed by atoms with Gasteiger partial charge in [0.15, 0.2) is 0 Å². The molecule has 0 radical (unpaired) electrons. The molecule has 1 amide bonds. The maximum absolute atomic E-state index is 12.3. The second-order valence-electron chi connectivity index (χ2n) is 5.16. The van der Waals surface area contributed by atoms with Crippen LogP contribution in [-0.4, -0.2) is 17.4 Å². The Morgan fingerprint density at radius 1 is 1.05 bits per heavy atom. The van der Waals surface area contributed by atoms with Gasteiger partial charge in [0.1, 0.15) is 0 Å². The lowest BCUT2D eigenvalue weighted by Crippen LogP contribution is -2.34. The molecule has 0 aliphatic carbocycles. The first-order chi connectivity index (χ1) is 10.2. The molecule has 0 aromatic heterocycles. The van der Waals surface area contributed by atoms with E-state index in [2.05, 4.69) is 34.1 Å². The second-order valence-corrected chi connectivity index (χ2v) is 6.08. The van der Waals surface area contributed by atoms with Crippen molar-refractivity contribution in [2.24, 2.45) is 0 Å². The van der Waals surface area contributed by atoms with Gasteiger partial charge in [-0.25, -0.2) is 0 Å². The zero-order chi connectivity index (χ0) is 14.7. The van der Waals surface area contributed by atoms with E-state index in [1.165, 1.54) is 11.1 Å². The van der Waals surface area contributed by atoms with Gasteiger partial charge in [-0.2, -0.15) is 0 Å². The maximum atomic E-state index is 12.3. The minimum Gasteiger partial charge on any atom is -0.334 e. The fraction of sp³-hybridized carbons (Fsp3) is 0.167. The number of halogens is 1. The van der Waals surface area contributed by atoms with Gasteiger partial charge in [-0.3, -0.25) is 4.79 Å². The predicted octanol–water partition coefficient (Wildman–Crippen LogP) is 4.05. The number of carbonyl (C=O) groups excluding carboxylic acids is 1. The van der Waals surface area contributed by atoms with Crippen LogP contribution in [0.15, 0.2) is 59.1 Å². The molecule has 2 nitrogen and oxygen atoms in total. The van der Waals surface area contributed by atoms with Gasteiger partial charge in [-0.15, -0.1) is 0 Å². The Morgan fingerprint density at radius 3 is 2.52 bits per heavy atom. The molecule has 0 unspecified atom stereocenters. The molecule has 2 aromatic carbocycles. The number of fused-ring (bicyclic) bond motifs is 1. The highest BCUT2D eigenvalue weighted by Gasteiger charge is 2.18. The second kappa shape index (κ2) is 6.27. The molecule has 0 saturated heterocycles. The van der Waals surface area contributed by atoms with Crippen molar-refractivity contribution in [2.75, 3.05) is 6.54 Å². The Balaban J connectivity index is 1.68. The maximum Gasteiger partial charge on any atom is 0.246 e. The van der Waals surface area contributed by atoms with E-state index >= 15 is 0 Å². The highest BCUT2D eigenvalue weighted by atomic mass is 79.9. The lowest BCUT2D eigenvalue weighted by molar-refractivity contribution is -0.126. The molecule has 0 N–H and O–H groups in total.